The molecule has 31 heavy (non-hydrogen) atoms. The zero-order valence-electron chi connectivity index (χ0n) is 19.1. The van der Waals surface area contributed by atoms with E-state index in [0.29, 0.717) is 36.4 Å². The van der Waals surface area contributed by atoms with Crippen LogP contribution in [0.1, 0.15) is 40.7 Å². The van der Waals surface area contributed by atoms with Gasteiger partial charge in [-0.3, -0.25) is 9.58 Å². The molecule has 0 radical (unpaired) electrons. The van der Waals surface area contributed by atoms with E-state index >= 15 is 0 Å². The van der Waals surface area contributed by atoms with E-state index in [-0.39, 0.29) is 5.60 Å². The minimum atomic E-state index is -0.0974. The fourth-order valence-corrected chi connectivity index (χ4v) is 4.69. The minimum Gasteiger partial charge on any atom is -0.360 e. The maximum absolute atomic E-state index is 5.96. The van der Waals surface area contributed by atoms with Crippen LogP contribution in [0.3, 0.4) is 0 Å². The van der Waals surface area contributed by atoms with Crippen molar-refractivity contribution in [2.75, 3.05) is 37.8 Å². The van der Waals surface area contributed by atoms with Gasteiger partial charge in [0.25, 0.3) is 0 Å². The number of likely N-dealkylation sites (tertiary alicyclic amines) is 1. The highest BCUT2D eigenvalue weighted by Gasteiger charge is 2.41. The van der Waals surface area contributed by atoms with Crippen LogP contribution in [0.4, 0.5) is 6.01 Å². The highest BCUT2D eigenvalue weighted by atomic mass is 16.5. The Balaban J connectivity index is 1.26. The summed E-state index contributed by atoms with van der Waals surface area (Å²) in [7, 11) is 0. The number of ether oxygens (including phenoxy) is 1. The Bertz CT molecular complexity index is 1050. The van der Waals surface area contributed by atoms with E-state index in [1.54, 1.807) is 0 Å². The zero-order chi connectivity index (χ0) is 21.8. The summed E-state index contributed by atoms with van der Waals surface area (Å²) in [6.45, 7) is 15.3. The molecule has 0 saturated carbocycles. The third-order valence-electron chi connectivity index (χ3n) is 6.27. The standard InChI is InChI=1S/C23H32N6O2/c1-15(2)29-20-8-16(6-7-17(20)9-24-29)21-25-22(31-26-21)28-12-18-10-27(11-19(18)13-28)14-30-23(3,4)5/h6-9,15,18-19H,10-14H2,1-5H3/t18-,19+. The molecule has 0 spiro atoms. The fraction of sp³-hybridized carbons (Fsp3) is 0.609. The molecule has 0 amide bonds. The van der Waals surface area contributed by atoms with Crippen LogP contribution in [-0.4, -0.2) is 63.3 Å². The van der Waals surface area contributed by atoms with E-state index in [2.05, 4.69) is 66.8 Å². The van der Waals surface area contributed by atoms with Crippen LogP contribution in [0.15, 0.2) is 28.9 Å². The summed E-state index contributed by atoms with van der Waals surface area (Å²) in [6, 6.07) is 7.13. The van der Waals surface area contributed by atoms with Crippen molar-refractivity contribution in [3.05, 3.63) is 24.4 Å². The molecule has 0 aliphatic carbocycles. The predicted octanol–water partition coefficient (Wildman–Crippen LogP) is 3.81. The highest BCUT2D eigenvalue weighted by molar-refractivity contribution is 5.83. The van der Waals surface area contributed by atoms with Gasteiger partial charge in [0.2, 0.25) is 5.82 Å². The van der Waals surface area contributed by atoms with Gasteiger partial charge in [-0.15, -0.1) is 0 Å². The van der Waals surface area contributed by atoms with Crippen molar-refractivity contribution in [2.24, 2.45) is 11.8 Å². The van der Waals surface area contributed by atoms with Crippen molar-refractivity contribution >= 4 is 16.9 Å². The van der Waals surface area contributed by atoms with Crippen molar-refractivity contribution in [2.45, 2.75) is 46.3 Å². The van der Waals surface area contributed by atoms with E-state index in [1.807, 2.05) is 16.9 Å². The SMILES string of the molecule is CC(C)n1ncc2ccc(-c3noc(N4C[C@H]5CN(COC(C)(C)C)C[C@H]5C4)n3)cc21. The number of aromatic nitrogens is 4. The van der Waals surface area contributed by atoms with Crippen LogP contribution in [0.5, 0.6) is 0 Å². The van der Waals surface area contributed by atoms with Gasteiger partial charge in [-0.25, -0.2) is 0 Å². The number of nitrogens with zero attached hydrogens (tertiary/aromatic N) is 6. The van der Waals surface area contributed by atoms with E-state index in [0.717, 1.165) is 42.6 Å². The van der Waals surface area contributed by atoms with Gasteiger partial charge in [0.15, 0.2) is 0 Å². The van der Waals surface area contributed by atoms with Crippen LogP contribution >= 0.6 is 0 Å². The topological polar surface area (TPSA) is 72.5 Å². The molecule has 2 aliphatic rings. The Hall–Kier alpha value is -2.45. The van der Waals surface area contributed by atoms with Crippen LogP contribution in [0.25, 0.3) is 22.3 Å². The van der Waals surface area contributed by atoms with Crippen molar-refractivity contribution in [3.63, 3.8) is 0 Å². The van der Waals surface area contributed by atoms with Gasteiger partial charge in [-0.2, -0.15) is 10.1 Å². The number of benzene rings is 1. The van der Waals surface area contributed by atoms with E-state index in [1.165, 1.54) is 0 Å². The van der Waals surface area contributed by atoms with E-state index in [9.17, 15) is 0 Å². The molecule has 3 aromatic rings. The number of anilines is 1. The van der Waals surface area contributed by atoms with Crippen LogP contribution in [-0.2, 0) is 4.74 Å². The van der Waals surface area contributed by atoms with Gasteiger partial charge in [0.05, 0.1) is 24.0 Å². The lowest BCUT2D eigenvalue weighted by molar-refractivity contribution is -0.0584. The summed E-state index contributed by atoms with van der Waals surface area (Å²) in [5.74, 6) is 1.87. The van der Waals surface area contributed by atoms with Gasteiger partial charge in [0, 0.05) is 43.2 Å². The first-order valence-electron chi connectivity index (χ1n) is 11.2. The van der Waals surface area contributed by atoms with E-state index < -0.39 is 0 Å². The average Bonchev–Trinajstić information content (AvgIpc) is 3.45. The second-order valence-corrected chi connectivity index (χ2v) is 10.2. The smallest absolute Gasteiger partial charge is 0.324 e. The van der Waals surface area contributed by atoms with Crippen LogP contribution in [0.2, 0.25) is 0 Å². The highest BCUT2D eigenvalue weighted by Crippen LogP contribution is 2.34. The Morgan fingerprint density at radius 3 is 2.55 bits per heavy atom. The molecule has 2 aliphatic heterocycles. The molecule has 2 saturated heterocycles. The summed E-state index contributed by atoms with van der Waals surface area (Å²) in [4.78, 5) is 9.38. The predicted molar refractivity (Wildman–Crippen MR) is 120 cm³/mol. The largest absolute Gasteiger partial charge is 0.360 e. The third-order valence-corrected chi connectivity index (χ3v) is 6.27. The van der Waals surface area contributed by atoms with Crippen molar-refractivity contribution in [3.8, 4) is 11.4 Å². The van der Waals surface area contributed by atoms with Gasteiger partial charge < -0.3 is 14.2 Å². The number of fused-ring (bicyclic) bond motifs is 2. The van der Waals surface area contributed by atoms with Gasteiger partial charge >= 0.3 is 6.01 Å². The molecule has 0 bridgehead atoms. The van der Waals surface area contributed by atoms with Gasteiger partial charge in [-0.1, -0.05) is 17.3 Å². The summed E-state index contributed by atoms with van der Waals surface area (Å²) in [5, 5.41) is 9.89. The number of rotatable bonds is 5. The van der Waals surface area contributed by atoms with Gasteiger partial charge in [-0.05, 0) is 52.5 Å². The van der Waals surface area contributed by atoms with Crippen molar-refractivity contribution in [1.82, 2.24) is 24.8 Å². The summed E-state index contributed by atoms with van der Waals surface area (Å²) < 4.78 is 13.6. The lowest BCUT2D eigenvalue weighted by Crippen LogP contribution is -2.33. The molecular weight excluding hydrogens is 392 g/mol. The Morgan fingerprint density at radius 2 is 1.87 bits per heavy atom. The molecular formula is C23H32N6O2. The normalized spacial score (nSPS) is 22.2. The molecule has 5 rings (SSSR count). The molecule has 4 heterocycles. The zero-order valence-corrected chi connectivity index (χ0v) is 19.1. The summed E-state index contributed by atoms with van der Waals surface area (Å²) in [6.07, 6.45) is 1.90. The Morgan fingerprint density at radius 1 is 1.13 bits per heavy atom. The minimum absolute atomic E-state index is 0.0974. The molecule has 2 atom stereocenters. The van der Waals surface area contributed by atoms with E-state index in [4.69, 9.17) is 14.2 Å². The molecule has 8 nitrogen and oxygen atoms in total. The Kier molecular flexibility index (Phi) is 5.01. The maximum atomic E-state index is 5.96. The number of hydrogen-bond acceptors (Lipinski definition) is 7. The first-order chi connectivity index (χ1) is 14.8. The van der Waals surface area contributed by atoms with Crippen LogP contribution < -0.4 is 4.90 Å². The van der Waals surface area contributed by atoms with Crippen LogP contribution in [0, 0.1) is 11.8 Å². The lowest BCUT2D eigenvalue weighted by atomic mass is 10.0. The summed E-state index contributed by atoms with van der Waals surface area (Å²) >= 11 is 0. The molecule has 0 unspecified atom stereocenters. The van der Waals surface area contributed by atoms with Crippen molar-refractivity contribution < 1.29 is 9.26 Å². The molecule has 0 N–H and O–H groups in total. The third kappa shape index (κ3) is 4.06. The van der Waals surface area contributed by atoms with Crippen molar-refractivity contribution in [1.29, 1.82) is 0 Å². The first-order valence-corrected chi connectivity index (χ1v) is 11.2. The second-order valence-electron chi connectivity index (χ2n) is 10.2. The van der Waals surface area contributed by atoms with Gasteiger partial charge in [0.1, 0.15) is 0 Å². The quantitative estimate of drug-likeness (QED) is 0.617. The Labute approximate surface area is 183 Å². The maximum Gasteiger partial charge on any atom is 0.324 e. The summed E-state index contributed by atoms with van der Waals surface area (Å²) in [5.41, 5.74) is 1.95. The fourth-order valence-electron chi connectivity index (χ4n) is 4.69. The molecule has 166 valence electrons. The monoisotopic (exact) mass is 424 g/mol. The lowest BCUT2D eigenvalue weighted by Gasteiger charge is -2.25. The molecule has 2 fully saturated rings. The molecule has 8 heteroatoms. The first kappa shape index (κ1) is 20.5. The molecule has 2 aromatic heterocycles. The second kappa shape index (κ2) is 7.60. The molecule has 1 aromatic carbocycles. The number of hydrogen-bond donors (Lipinski definition) is 0. The average molecular weight is 425 g/mol.